The molecule has 1 heterocycles. The van der Waals surface area contributed by atoms with Gasteiger partial charge in [0.05, 0.1) is 23.8 Å². The van der Waals surface area contributed by atoms with Crippen molar-refractivity contribution >= 4 is 17.5 Å². The summed E-state index contributed by atoms with van der Waals surface area (Å²) in [6, 6.07) is 4.11. The second kappa shape index (κ2) is 9.35. The van der Waals surface area contributed by atoms with Crippen LogP contribution in [0.25, 0.3) is 0 Å². The molecule has 1 saturated heterocycles. The molecule has 1 aromatic carbocycles. The lowest BCUT2D eigenvalue weighted by Gasteiger charge is -2.38. The number of hydrogen-bond acceptors (Lipinski definition) is 3. The zero-order chi connectivity index (χ0) is 17.5. The molecule has 1 aromatic rings. The highest BCUT2D eigenvalue weighted by molar-refractivity contribution is 6.33. The fraction of sp³-hybridized carbons (Fsp3) is 0.611. The number of morpholine rings is 1. The van der Waals surface area contributed by atoms with Crippen LogP contribution in [0.1, 0.15) is 37.0 Å². The summed E-state index contributed by atoms with van der Waals surface area (Å²) in [5.41, 5.74) is 0.309. The summed E-state index contributed by atoms with van der Waals surface area (Å²) in [5.74, 6) is -0.198. The average molecular weight is 357 g/mol. The van der Waals surface area contributed by atoms with Crippen molar-refractivity contribution in [3.8, 4) is 0 Å². The van der Waals surface area contributed by atoms with E-state index in [1.165, 1.54) is 12.1 Å². The first-order valence-electron chi connectivity index (χ1n) is 8.61. The van der Waals surface area contributed by atoms with Gasteiger partial charge in [0.1, 0.15) is 5.82 Å². The Morgan fingerprint density at radius 3 is 2.58 bits per heavy atom. The zero-order valence-corrected chi connectivity index (χ0v) is 15.1. The Balaban J connectivity index is 2.04. The topological polar surface area (TPSA) is 41.6 Å². The molecule has 4 nitrogen and oxygen atoms in total. The molecule has 1 amide bonds. The second-order valence-corrected chi connectivity index (χ2v) is 6.53. The number of rotatable bonds is 7. The average Bonchev–Trinajstić information content (AvgIpc) is 2.59. The molecule has 0 bridgehead atoms. The molecule has 2 rings (SSSR count). The van der Waals surface area contributed by atoms with Gasteiger partial charge in [0.25, 0.3) is 5.91 Å². The van der Waals surface area contributed by atoms with Crippen LogP contribution in [0.5, 0.6) is 0 Å². The van der Waals surface area contributed by atoms with Crippen molar-refractivity contribution in [3.63, 3.8) is 0 Å². The van der Waals surface area contributed by atoms with Gasteiger partial charge in [-0.25, -0.2) is 4.39 Å². The van der Waals surface area contributed by atoms with Crippen LogP contribution < -0.4 is 5.32 Å². The highest BCUT2D eigenvalue weighted by Crippen LogP contribution is 2.21. The van der Waals surface area contributed by atoms with Gasteiger partial charge in [-0.3, -0.25) is 9.69 Å². The number of carbonyl (C=O) groups excluding carboxylic acids is 1. The largest absolute Gasteiger partial charge is 0.379 e. The first-order chi connectivity index (χ1) is 11.6. The molecule has 134 valence electrons. The van der Waals surface area contributed by atoms with Crippen LogP contribution in [0.3, 0.4) is 0 Å². The molecule has 1 unspecified atom stereocenters. The molecule has 0 aliphatic carbocycles. The van der Waals surface area contributed by atoms with Gasteiger partial charge in [0, 0.05) is 25.7 Å². The van der Waals surface area contributed by atoms with Crippen LogP contribution in [-0.2, 0) is 4.74 Å². The van der Waals surface area contributed by atoms with Crippen molar-refractivity contribution in [3.05, 3.63) is 34.6 Å². The van der Waals surface area contributed by atoms with Crippen molar-refractivity contribution in [1.29, 1.82) is 0 Å². The van der Waals surface area contributed by atoms with E-state index in [2.05, 4.69) is 24.1 Å². The minimum Gasteiger partial charge on any atom is -0.379 e. The van der Waals surface area contributed by atoms with Crippen LogP contribution in [0.4, 0.5) is 4.39 Å². The summed E-state index contributed by atoms with van der Waals surface area (Å²) >= 11 is 5.98. The quantitative estimate of drug-likeness (QED) is 0.814. The van der Waals surface area contributed by atoms with E-state index in [0.29, 0.717) is 18.0 Å². The molecule has 0 saturated carbocycles. The van der Waals surface area contributed by atoms with Gasteiger partial charge in [-0.1, -0.05) is 38.3 Å². The van der Waals surface area contributed by atoms with Gasteiger partial charge in [-0.05, 0) is 24.1 Å². The van der Waals surface area contributed by atoms with Crippen molar-refractivity contribution in [1.82, 2.24) is 10.2 Å². The molecule has 1 atom stereocenters. The van der Waals surface area contributed by atoms with E-state index in [1.54, 1.807) is 0 Å². The summed E-state index contributed by atoms with van der Waals surface area (Å²) in [4.78, 5) is 14.8. The summed E-state index contributed by atoms with van der Waals surface area (Å²) in [7, 11) is 0. The van der Waals surface area contributed by atoms with Crippen LogP contribution in [0, 0.1) is 11.7 Å². The van der Waals surface area contributed by atoms with Crippen LogP contribution in [0.15, 0.2) is 18.2 Å². The number of benzene rings is 1. The summed E-state index contributed by atoms with van der Waals surface area (Å²) in [5, 5.41) is 3.11. The lowest BCUT2D eigenvalue weighted by Crippen LogP contribution is -2.52. The standard InChI is InChI=1S/C18H26ClFN2O2/c1-3-13(4-2)17(22-7-9-24-10-8-22)12-21-18(23)15-6-5-14(20)11-16(15)19/h5-6,11,13,17H,3-4,7-10,12H2,1-2H3,(H,21,23). The molecule has 0 aromatic heterocycles. The normalized spacial score (nSPS) is 17.0. The number of halogens is 2. The molecule has 0 radical (unpaired) electrons. The predicted octanol–water partition coefficient (Wildman–Crippen LogP) is 3.35. The molecule has 6 heteroatoms. The predicted molar refractivity (Wildman–Crippen MR) is 94.0 cm³/mol. The molecule has 0 spiro atoms. The molecule has 1 fully saturated rings. The van der Waals surface area contributed by atoms with Gasteiger partial charge in [0.2, 0.25) is 0 Å². The third-order valence-electron chi connectivity index (χ3n) is 4.76. The fourth-order valence-corrected chi connectivity index (χ4v) is 3.56. The smallest absolute Gasteiger partial charge is 0.252 e. The van der Waals surface area contributed by atoms with Gasteiger partial charge in [-0.15, -0.1) is 0 Å². The third-order valence-corrected chi connectivity index (χ3v) is 5.07. The SMILES string of the molecule is CCC(CC)C(CNC(=O)c1ccc(F)cc1Cl)N1CCOCC1. The summed E-state index contributed by atoms with van der Waals surface area (Å²) in [6.45, 7) is 8.14. The van der Waals surface area contributed by atoms with E-state index in [0.717, 1.165) is 45.2 Å². The van der Waals surface area contributed by atoms with Gasteiger partial charge in [0.15, 0.2) is 0 Å². The number of nitrogens with zero attached hydrogens (tertiary/aromatic N) is 1. The summed E-state index contributed by atoms with van der Waals surface area (Å²) < 4.78 is 18.6. The second-order valence-electron chi connectivity index (χ2n) is 6.13. The van der Waals surface area contributed by atoms with Crippen LogP contribution in [0.2, 0.25) is 5.02 Å². The molecule has 1 aliphatic rings. The number of carbonyl (C=O) groups is 1. The maximum absolute atomic E-state index is 13.1. The number of ether oxygens (including phenoxy) is 1. The zero-order valence-electron chi connectivity index (χ0n) is 14.4. The number of amides is 1. The lowest BCUT2D eigenvalue weighted by molar-refractivity contribution is 0.00191. The van der Waals surface area contributed by atoms with Gasteiger partial charge >= 0.3 is 0 Å². The van der Waals surface area contributed by atoms with Crippen LogP contribution >= 0.6 is 11.6 Å². The Bertz CT molecular complexity index is 546. The van der Waals surface area contributed by atoms with Crippen molar-refractivity contribution in [2.45, 2.75) is 32.7 Å². The maximum Gasteiger partial charge on any atom is 0.252 e. The van der Waals surface area contributed by atoms with E-state index >= 15 is 0 Å². The first kappa shape index (κ1) is 19.2. The van der Waals surface area contributed by atoms with Gasteiger partial charge < -0.3 is 10.1 Å². The molecule has 1 N–H and O–H groups in total. The van der Waals surface area contributed by atoms with E-state index in [4.69, 9.17) is 16.3 Å². The Hall–Kier alpha value is -1.17. The van der Waals surface area contributed by atoms with E-state index in [1.807, 2.05) is 0 Å². The Kier molecular flexibility index (Phi) is 7.46. The summed E-state index contributed by atoms with van der Waals surface area (Å²) in [6.07, 6.45) is 2.12. The van der Waals surface area contributed by atoms with Gasteiger partial charge in [-0.2, -0.15) is 0 Å². The maximum atomic E-state index is 13.1. The van der Waals surface area contributed by atoms with Crippen molar-refractivity contribution < 1.29 is 13.9 Å². The minimum absolute atomic E-state index is 0.137. The molecular formula is C18H26ClFN2O2. The van der Waals surface area contributed by atoms with Crippen LogP contribution in [-0.4, -0.2) is 49.7 Å². The molecular weight excluding hydrogens is 331 g/mol. The number of nitrogens with one attached hydrogen (secondary N) is 1. The van der Waals surface area contributed by atoms with Crippen molar-refractivity contribution in [2.24, 2.45) is 5.92 Å². The van der Waals surface area contributed by atoms with E-state index < -0.39 is 5.82 Å². The molecule has 1 aliphatic heterocycles. The highest BCUT2D eigenvalue weighted by atomic mass is 35.5. The fourth-order valence-electron chi connectivity index (χ4n) is 3.30. The lowest BCUT2D eigenvalue weighted by atomic mass is 9.92. The van der Waals surface area contributed by atoms with E-state index in [-0.39, 0.29) is 17.0 Å². The van der Waals surface area contributed by atoms with E-state index in [9.17, 15) is 9.18 Å². The number of hydrogen-bond donors (Lipinski definition) is 1. The Morgan fingerprint density at radius 1 is 1.33 bits per heavy atom. The Labute approximate surface area is 148 Å². The highest BCUT2D eigenvalue weighted by Gasteiger charge is 2.27. The first-order valence-corrected chi connectivity index (χ1v) is 8.99. The Morgan fingerprint density at radius 2 is 2.00 bits per heavy atom. The third kappa shape index (κ3) is 4.91. The molecule has 24 heavy (non-hydrogen) atoms. The monoisotopic (exact) mass is 356 g/mol. The minimum atomic E-state index is -0.445. The van der Waals surface area contributed by atoms with Crippen molar-refractivity contribution in [2.75, 3.05) is 32.8 Å².